The van der Waals surface area contributed by atoms with E-state index in [0.717, 1.165) is 10.6 Å². The van der Waals surface area contributed by atoms with Crippen LogP contribution in [-0.4, -0.2) is 26.2 Å². The van der Waals surface area contributed by atoms with Crippen molar-refractivity contribution in [3.63, 3.8) is 0 Å². The highest BCUT2D eigenvalue weighted by molar-refractivity contribution is 6.07. The van der Waals surface area contributed by atoms with Crippen molar-refractivity contribution in [3.05, 3.63) is 81.4 Å². The van der Waals surface area contributed by atoms with Crippen molar-refractivity contribution < 1.29 is 9.59 Å². The van der Waals surface area contributed by atoms with Gasteiger partial charge in [0.1, 0.15) is 11.2 Å². The van der Waals surface area contributed by atoms with Crippen LogP contribution in [-0.2, 0) is 16.9 Å². The fourth-order valence-electron chi connectivity index (χ4n) is 3.52. The summed E-state index contributed by atoms with van der Waals surface area (Å²) >= 11 is 0. The molecule has 1 aliphatic heterocycles. The topological polar surface area (TPSA) is 108 Å². The van der Waals surface area contributed by atoms with E-state index < -0.39 is 17.5 Å². The molecule has 0 spiro atoms. The lowest BCUT2D eigenvalue weighted by atomic mass is 9.91. The lowest BCUT2D eigenvalue weighted by Gasteiger charge is -2.22. The Kier molecular flexibility index (Phi) is 4.16. The zero-order valence-electron chi connectivity index (χ0n) is 15.8. The normalized spacial score (nSPS) is 18.7. The average Bonchev–Trinajstić information content (AvgIpc) is 2.92. The van der Waals surface area contributed by atoms with Gasteiger partial charge in [0, 0.05) is 11.8 Å². The largest absolute Gasteiger partial charge is 0.325 e. The van der Waals surface area contributed by atoms with Crippen LogP contribution in [0.4, 0.5) is 4.79 Å². The molecule has 1 N–H and O–H groups in total. The van der Waals surface area contributed by atoms with Gasteiger partial charge in [0.15, 0.2) is 0 Å². The summed E-state index contributed by atoms with van der Waals surface area (Å²) in [4.78, 5) is 43.5. The summed E-state index contributed by atoms with van der Waals surface area (Å²) in [5.74, 6) is -0.446. The van der Waals surface area contributed by atoms with Crippen molar-refractivity contribution in [2.75, 3.05) is 0 Å². The number of carbonyl (C=O) groups excluding carboxylic acids is 2. The molecular formula is C21H17N5O3. The molecule has 0 saturated carbocycles. The van der Waals surface area contributed by atoms with Gasteiger partial charge in [0.2, 0.25) is 0 Å². The molecule has 2 aromatic heterocycles. The smallest absolute Gasteiger partial charge is 0.319 e. The number of carbonyl (C=O) groups is 2. The average molecular weight is 387 g/mol. The third-order valence-corrected chi connectivity index (χ3v) is 5.12. The third kappa shape index (κ3) is 2.93. The van der Waals surface area contributed by atoms with Crippen molar-refractivity contribution in [2.24, 2.45) is 0 Å². The van der Waals surface area contributed by atoms with E-state index in [-0.39, 0.29) is 12.1 Å². The molecule has 144 valence electrons. The van der Waals surface area contributed by atoms with Gasteiger partial charge in [0.25, 0.3) is 11.5 Å². The first kappa shape index (κ1) is 18.4. The maximum absolute atomic E-state index is 13.1. The van der Waals surface area contributed by atoms with Crippen LogP contribution in [0.5, 0.6) is 0 Å². The van der Waals surface area contributed by atoms with Gasteiger partial charge in [-0.2, -0.15) is 5.26 Å². The molecule has 29 heavy (non-hydrogen) atoms. The molecule has 1 unspecified atom stereocenters. The first-order valence-electron chi connectivity index (χ1n) is 8.96. The number of fused-ring (bicyclic) bond motifs is 1. The molecule has 3 aromatic rings. The summed E-state index contributed by atoms with van der Waals surface area (Å²) in [5.41, 5.74) is 1.03. The van der Waals surface area contributed by atoms with Crippen LogP contribution in [0.2, 0.25) is 0 Å². The Morgan fingerprint density at radius 3 is 2.55 bits per heavy atom. The Balaban J connectivity index is 1.67. The highest BCUT2D eigenvalue weighted by atomic mass is 16.2. The van der Waals surface area contributed by atoms with Gasteiger partial charge in [-0.15, -0.1) is 0 Å². The minimum Gasteiger partial charge on any atom is -0.319 e. The first-order chi connectivity index (χ1) is 13.8. The minimum atomic E-state index is -1.26. The Morgan fingerprint density at radius 2 is 1.86 bits per heavy atom. The standard InChI is InChI=1S/C21H17N5O3/c1-13-4-3-5-17-23-16(10-18(27)26(13)17)12-25-19(28)21(2,24-20(25)29)15-8-6-14(11-22)7-9-15/h3-10H,12H2,1-2H3,(H,24,29). The molecule has 0 radical (unpaired) electrons. The Morgan fingerprint density at radius 1 is 1.14 bits per heavy atom. The Hall–Kier alpha value is -3.99. The number of amides is 3. The molecule has 0 bridgehead atoms. The number of hydrogen-bond acceptors (Lipinski definition) is 5. The fraction of sp³-hybridized carbons (Fsp3) is 0.190. The van der Waals surface area contributed by atoms with E-state index in [2.05, 4.69) is 10.3 Å². The van der Waals surface area contributed by atoms with E-state index in [1.165, 1.54) is 10.5 Å². The quantitative estimate of drug-likeness (QED) is 0.690. The van der Waals surface area contributed by atoms with Crippen LogP contribution in [0.25, 0.3) is 5.65 Å². The van der Waals surface area contributed by atoms with E-state index in [1.54, 1.807) is 56.3 Å². The summed E-state index contributed by atoms with van der Waals surface area (Å²) in [5, 5.41) is 11.7. The molecule has 0 aliphatic carbocycles. The van der Waals surface area contributed by atoms with Gasteiger partial charge in [0.05, 0.1) is 23.9 Å². The molecule has 1 aliphatic rings. The molecule has 4 rings (SSSR count). The van der Waals surface area contributed by atoms with Gasteiger partial charge in [-0.1, -0.05) is 18.2 Å². The van der Waals surface area contributed by atoms with Crippen LogP contribution >= 0.6 is 0 Å². The number of imide groups is 1. The third-order valence-electron chi connectivity index (χ3n) is 5.12. The lowest BCUT2D eigenvalue weighted by molar-refractivity contribution is -0.131. The molecule has 8 nitrogen and oxygen atoms in total. The molecule has 1 aromatic carbocycles. The number of hydrogen-bond donors (Lipinski definition) is 1. The molecule has 3 heterocycles. The van der Waals surface area contributed by atoms with Gasteiger partial charge >= 0.3 is 6.03 Å². The summed E-state index contributed by atoms with van der Waals surface area (Å²) < 4.78 is 1.47. The predicted octanol–water partition coefficient (Wildman–Crippen LogP) is 1.84. The van der Waals surface area contributed by atoms with Gasteiger partial charge < -0.3 is 5.32 Å². The molecule has 1 fully saturated rings. The number of rotatable bonds is 3. The van der Waals surface area contributed by atoms with E-state index in [4.69, 9.17) is 5.26 Å². The number of pyridine rings is 1. The van der Waals surface area contributed by atoms with E-state index in [9.17, 15) is 14.4 Å². The molecule has 8 heteroatoms. The maximum atomic E-state index is 13.1. The number of benzene rings is 1. The van der Waals surface area contributed by atoms with Crippen LogP contribution in [0.3, 0.4) is 0 Å². The highest BCUT2D eigenvalue weighted by Crippen LogP contribution is 2.29. The minimum absolute atomic E-state index is 0.115. The highest BCUT2D eigenvalue weighted by Gasteiger charge is 2.49. The SMILES string of the molecule is Cc1cccc2nc(CN3C(=O)NC(C)(c4ccc(C#N)cc4)C3=O)cc(=O)n12. The number of aryl methyl sites for hydroxylation is 1. The number of nitrogens with one attached hydrogen (secondary N) is 1. The van der Waals surface area contributed by atoms with E-state index >= 15 is 0 Å². The van der Waals surface area contributed by atoms with Crippen LogP contribution in [0.15, 0.2) is 53.3 Å². The Labute approximate surface area is 166 Å². The number of urea groups is 1. The summed E-state index contributed by atoms with van der Waals surface area (Å²) in [7, 11) is 0. The molecule has 1 atom stereocenters. The number of nitriles is 1. The van der Waals surface area contributed by atoms with Crippen LogP contribution < -0.4 is 10.9 Å². The van der Waals surface area contributed by atoms with Crippen LogP contribution in [0.1, 0.15) is 29.4 Å². The van der Waals surface area contributed by atoms with Gasteiger partial charge in [-0.05, 0) is 43.7 Å². The molecule has 1 saturated heterocycles. The zero-order valence-corrected chi connectivity index (χ0v) is 15.8. The van der Waals surface area contributed by atoms with Crippen molar-refractivity contribution in [1.82, 2.24) is 19.6 Å². The van der Waals surface area contributed by atoms with Gasteiger partial charge in [-0.25, -0.2) is 9.78 Å². The summed E-state index contributed by atoms with van der Waals surface area (Å²) in [6.07, 6.45) is 0. The second-order valence-electron chi connectivity index (χ2n) is 7.08. The first-order valence-corrected chi connectivity index (χ1v) is 8.96. The van der Waals surface area contributed by atoms with Crippen molar-refractivity contribution >= 4 is 17.6 Å². The fourth-order valence-corrected chi connectivity index (χ4v) is 3.52. The number of nitrogens with zero attached hydrogens (tertiary/aromatic N) is 4. The monoisotopic (exact) mass is 387 g/mol. The summed E-state index contributed by atoms with van der Waals surface area (Å²) in [6, 6.07) is 14.6. The number of aromatic nitrogens is 2. The zero-order chi connectivity index (χ0) is 20.8. The second kappa shape index (κ2) is 6.56. The second-order valence-corrected chi connectivity index (χ2v) is 7.08. The van der Waals surface area contributed by atoms with Crippen LogP contribution in [0, 0.1) is 18.3 Å². The Bertz CT molecular complexity index is 1260. The van der Waals surface area contributed by atoms with E-state index in [0.29, 0.717) is 22.5 Å². The van der Waals surface area contributed by atoms with Gasteiger partial charge in [-0.3, -0.25) is 18.9 Å². The van der Waals surface area contributed by atoms with Crippen molar-refractivity contribution in [1.29, 1.82) is 5.26 Å². The van der Waals surface area contributed by atoms with Crippen molar-refractivity contribution in [2.45, 2.75) is 25.9 Å². The maximum Gasteiger partial charge on any atom is 0.325 e. The lowest BCUT2D eigenvalue weighted by Crippen LogP contribution is -2.40. The predicted molar refractivity (Wildman–Crippen MR) is 104 cm³/mol. The van der Waals surface area contributed by atoms with Crippen molar-refractivity contribution in [3.8, 4) is 6.07 Å². The molecule has 3 amide bonds. The molecular weight excluding hydrogens is 370 g/mol. The summed E-state index contributed by atoms with van der Waals surface area (Å²) in [6.45, 7) is 3.30. The van der Waals surface area contributed by atoms with E-state index in [1.807, 2.05) is 6.07 Å².